The lowest BCUT2D eigenvalue weighted by Crippen LogP contribution is -2.38. The van der Waals surface area contributed by atoms with Crippen LogP contribution in [0.15, 0.2) is 18.5 Å². The fourth-order valence-electron chi connectivity index (χ4n) is 3.43. The zero-order chi connectivity index (χ0) is 19.7. The first-order chi connectivity index (χ1) is 13.4. The first-order valence-electron chi connectivity index (χ1n) is 9.01. The number of halogens is 3. The molecule has 4 heterocycles. The number of alkyl halides is 3. The molecule has 4 rings (SSSR count). The van der Waals surface area contributed by atoms with E-state index < -0.39 is 11.7 Å². The van der Waals surface area contributed by atoms with Gasteiger partial charge >= 0.3 is 6.18 Å². The zero-order valence-corrected chi connectivity index (χ0v) is 14.9. The second kappa shape index (κ2) is 7.27. The lowest BCUT2D eigenvalue weighted by Gasteiger charge is -2.24. The number of anilines is 1. The van der Waals surface area contributed by atoms with Gasteiger partial charge in [0.05, 0.1) is 5.69 Å². The minimum absolute atomic E-state index is 0.0485. The van der Waals surface area contributed by atoms with Crippen molar-refractivity contribution < 1.29 is 18.0 Å². The molecule has 1 atom stereocenters. The lowest BCUT2D eigenvalue weighted by atomic mass is 10.0. The molecule has 2 aromatic rings. The number of nitrogens with one attached hydrogen (secondary N) is 4. The minimum atomic E-state index is -4.62. The number of nitrogens with zero attached hydrogens (tertiary/aromatic N) is 2. The maximum Gasteiger partial charge on any atom is 0.419 e. The highest BCUT2D eigenvalue weighted by Crippen LogP contribution is 2.38. The molecule has 7 nitrogen and oxygen atoms in total. The molecule has 148 valence electrons. The molecule has 0 radical (unpaired) electrons. The molecule has 0 unspecified atom stereocenters. The van der Waals surface area contributed by atoms with E-state index in [2.05, 4.69) is 30.9 Å². The summed E-state index contributed by atoms with van der Waals surface area (Å²) in [7, 11) is 0. The normalized spacial score (nSPS) is 19.7. The third-order valence-electron chi connectivity index (χ3n) is 4.79. The summed E-state index contributed by atoms with van der Waals surface area (Å²) in [5.41, 5.74) is -0.404. The van der Waals surface area contributed by atoms with Gasteiger partial charge in [0, 0.05) is 42.7 Å². The highest BCUT2D eigenvalue weighted by Gasteiger charge is 2.37. The smallest absolute Gasteiger partial charge is 0.356 e. The molecular formula is C18H19F3N6O. The van der Waals surface area contributed by atoms with Crippen LogP contribution in [0.25, 0.3) is 17.3 Å². The number of carbonyl (C=O) groups excluding carboxylic acids is 1. The average molecular weight is 392 g/mol. The third-order valence-corrected chi connectivity index (χ3v) is 4.79. The predicted molar refractivity (Wildman–Crippen MR) is 97.7 cm³/mol. The number of aromatic amines is 1. The van der Waals surface area contributed by atoms with Crippen LogP contribution in [-0.2, 0) is 6.18 Å². The SMILES string of the molecule is O=C1NCC=Cc2c(-c3nc(N[C@H]4CCCNC4)ncc3C(F)(F)F)c[nH]c21. The molecule has 4 N–H and O–H groups in total. The summed E-state index contributed by atoms with van der Waals surface area (Å²) in [5.74, 6) is -0.241. The van der Waals surface area contributed by atoms with Crippen molar-refractivity contribution in [1.82, 2.24) is 25.6 Å². The summed E-state index contributed by atoms with van der Waals surface area (Å²) in [6.45, 7) is 1.92. The number of hydrogen-bond acceptors (Lipinski definition) is 5. The number of piperidine rings is 1. The van der Waals surface area contributed by atoms with E-state index in [-0.39, 0.29) is 34.8 Å². The summed E-state index contributed by atoms with van der Waals surface area (Å²) in [4.78, 5) is 22.9. The monoisotopic (exact) mass is 392 g/mol. The largest absolute Gasteiger partial charge is 0.419 e. The predicted octanol–water partition coefficient (Wildman–Crippen LogP) is 2.41. The van der Waals surface area contributed by atoms with Crippen molar-refractivity contribution in [2.75, 3.05) is 25.0 Å². The van der Waals surface area contributed by atoms with Crippen LogP contribution >= 0.6 is 0 Å². The number of rotatable bonds is 3. The number of H-pyrrole nitrogens is 1. The molecule has 2 aliphatic rings. The van der Waals surface area contributed by atoms with Crippen LogP contribution in [0.1, 0.15) is 34.5 Å². The van der Waals surface area contributed by atoms with Gasteiger partial charge in [-0.05, 0) is 19.4 Å². The highest BCUT2D eigenvalue weighted by molar-refractivity contribution is 6.00. The molecule has 28 heavy (non-hydrogen) atoms. The molecule has 0 spiro atoms. The van der Waals surface area contributed by atoms with E-state index in [1.165, 1.54) is 6.20 Å². The summed E-state index contributed by atoms with van der Waals surface area (Å²) < 4.78 is 40.8. The van der Waals surface area contributed by atoms with Gasteiger partial charge in [-0.1, -0.05) is 12.2 Å². The Morgan fingerprint density at radius 1 is 1.29 bits per heavy atom. The number of aromatic nitrogens is 3. The number of carbonyl (C=O) groups is 1. The summed E-state index contributed by atoms with van der Waals surface area (Å²) in [6, 6.07) is 0.0485. The topological polar surface area (TPSA) is 94.7 Å². The quantitative estimate of drug-likeness (QED) is 0.644. The molecule has 1 amide bonds. The Hall–Kier alpha value is -2.88. The molecule has 1 saturated heterocycles. The van der Waals surface area contributed by atoms with Gasteiger partial charge in [0.25, 0.3) is 5.91 Å². The van der Waals surface area contributed by atoms with Gasteiger partial charge < -0.3 is 20.9 Å². The molecule has 2 aliphatic heterocycles. The number of fused-ring (bicyclic) bond motifs is 1. The number of hydrogen-bond donors (Lipinski definition) is 4. The maximum absolute atomic E-state index is 13.6. The van der Waals surface area contributed by atoms with Crippen LogP contribution in [0.4, 0.5) is 19.1 Å². The zero-order valence-electron chi connectivity index (χ0n) is 14.9. The second-order valence-electron chi connectivity index (χ2n) is 6.74. The Bertz CT molecular complexity index is 915. The van der Waals surface area contributed by atoms with E-state index in [1.54, 1.807) is 12.2 Å². The van der Waals surface area contributed by atoms with E-state index in [9.17, 15) is 18.0 Å². The Kier molecular flexibility index (Phi) is 4.80. The van der Waals surface area contributed by atoms with Gasteiger partial charge in [-0.3, -0.25) is 4.79 Å². The Morgan fingerprint density at radius 3 is 2.89 bits per heavy atom. The standard InChI is InChI=1S/C18H19F3N6O/c19-18(20,21)13-9-25-17(26-10-3-1-5-22-7-10)27-14(13)12-8-24-15-11(12)4-2-6-23-16(15)28/h2,4,8-10,22,24H,1,3,5-7H2,(H,23,28)(H,25,26,27)/t10-/m0/s1. The van der Waals surface area contributed by atoms with Gasteiger partial charge in [-0.25, -0.2) is 9.97 Å². The molecular weight excluding hydrogens is 373 g/mol. The van der Waals surface area contributed by atoms with Gasteiger partial charge in [-0.2, -0.15) is 13.2 Å². The highest BCUT2D eigenvalue weighted by atomic mass is 19.4. The molecule has 10 heteroatoms. The van der Waals surface area contributed by atoms with Crippen LogP contribution in [-0.4, -0.2) is 46.5 Å². The summed E-state index contributed by atoms with van der Waals surface area (Å²) >= 11 is 0. The van der Waals surface area contributed by atoms with Crippen LogP contribution in [0.5, 0.6) is 0 Å². The number of amides is 1. The minimum Gasteiger partial charge on any atom is -0.356 e. The van der Waals surface area contributed by atoms with Crippen molar-refractivity contribution in [3.05, 3.63) is 35.3 Å². The molecule has 1 fully saturated rings. The Balaban J connectivity index is 1.78. The van der Waals surface area contributed by atoms with Crippen molar-refractivity contribution in [3.8, 4) is 11.3 Å². The van der Waals surface area contributed by atoms with Crippen LogP contribution in [0, 0.1) is 0 Å². The maximum atomic E-state index is 13.6. The Labute approximate surface area is 158 Å². The summed E-state index contributed by atoms with van der Waals surface area (Å²) in [5, 5.41) is 8.98. The van der Waals surface area contributed by atoms with Gasteiger partial charge in [-0.15, -0.1) is 0 Å². The van der Waals surface area contributed by atoms with Crippen molar-refractivity contribution in [3.63, 3.8) is 0 Å². The lowest BCUT2D eigenvalue weighted by molar-refractivity contribution is -0.137. The van der Waals surface area contributed by atoms with Gasteiger partial charge in [0.1, 0.15) is 11.3 Å². The van der Waals surface area contributed by atoms with Crippen LogP contribution in [0.3, 0.4) is 0 Å². The third kappa shape index (κ3) is 3.59. The van der Waals surface area contributed by atoms with Crippen molar-refractivity contribution in [2.24, 2.45) is 0 Å². The van der Waals surface area contributed by atoms with Crippen molar-refractivity contribution in [2.45, 2.75) is 25.1 Å². The van der Waals surface area contributed by atoms with E-state index in [0.29, 0.717) is 18.7 Å². The van der Waals surface area contributed by atoms with E-state index >= 15 is 0 Å². The van der Waals surface area contributed by atoms with E-state index in [4.69, 9.17) is 0 Å². The van der Waals surface area contributed by atoms with Gasteiger partial charge in [0.2, 0.25) is 5.95 Å². The van der Waals surface area contributed by atoms with Crippen LogP contribution < -0.4 is 16.0 Å². The van der Waals surface area contributed by atoms with Crippen molar-refractivity contribution >= 4 is 17.9 Å². The van der Waals surface area contributed by atoms with E-state index in [0.717, 1.165) is 25.6 Å². The average Bonchev–Trinajstić information content (AvgIpc) is 3.00. The molecule has 0 bridgehead atoms. The van der Waals surface area contributed by atoms with Crippen LogP contribution in [0.2, 0.25) is 0 Å². The van der Waals surface area contributed by atoms with E-state index in [1.807, 2.05) is 0 Å². The fraction of sp³-hybridized carbons (Fsp3) is 0.389. The Morgan fingerprint density at radius 2 is 2.14 bits per heavy atom. The van der Waals surface area contributed by atoms with Gasteiger partial charge in [0.15, 0.2) is 0 Å². The fourth-order valence-corrected chi connectivity index (χ4v) is 3.43. The molecule has 0 aliphatic carbocycles. The molecule has 0 aromatic carbocycles. The summed E-state index contributed by atoms with van der Waals surface area (Å²) in [6.07, 6.45) is 2.71. The second-order valence-corrected chi connectivity index (χ2v) is 6.74. The van der Waals surface area contributed by atoms with Crippen molar-refractivity contribution in [1.29, 1.82) is 0 Å². The first kappa shape index (κ1) is 18.5. The molecule has 2 aromatic heterocycles. The first-order valence-corrected chi connectivity index (χ1v) is 9.01. The molecule has 0 saturated carbocycles.